The van der Waals surface area contributed by atoms with Crippen LogP contribution in [0.15, 0.2) is 18.2 Å². The van der Waals surface area contributed by atoms with Gasteiger partial charge in [0.2, 0.25) is 5.91 Å². The fourth-order valence-electron chi connectivity index (χ4n) is 1.88. The Balaban J connectivity index is 2.63. The maximum absolute atomic E-state index is 12.2. The van der Waals surface area contributed by atoms with Crippen molar-refractivity contribution in [2.75, 3.05) is 59.5 Å². The molecule has 0 aliphatic heterocycles. The number of hydrogen-bond acceptors (Lipinski definition) is 5. The van der Waals surface area contributed by atoms with Crippen LogP contribution in [0.1, 0.15) is 0 Å². The number of nitrogens with one attached hydrogen (secondary N) is 1. The third-order valence-corrected chi connectivity index (χ3v) is 3.26. The minimum absolute atomic E-state index is 0.146. The average molecular weight is 331 g/mol. The fourth-order valence-corrected chi connectivity index (χ4v) is 2.05. The molecule has 1 amide bonds. The molecule has 0 unspecified atom stereocenters. The molecule has 22 heavy (non-hydrogen) atoms. The minimum atomic E-state index is -0.146. The van der Waals surface area contributed by atoms with Gasteiger partial charge in [-0.3, -0.25) is 9.69 Å². The Hall–Kier alpha value is -1.34. The maximum Gasteiger partial charge on any atom is 0.238 e. The average Bonchev–Trinajstić information content (AvgIpc) is 2.50. The zero-order valence-electron chi connectivity index (χ0n) is 13.2. The molecule has 0 aliphatic rings. The summed E-state index contributed by atoms with van der Waals surface area (Å²) >= 11 is 5.95. The van der Waals surface area contributed by atoms with Crippen molar-refractivity contribution in [1.82, 2.24) is 4.90 Å². The van der Waals surface area contributed by atoms with Crippen molar-refractivity contribution in [3.05, 3.63) is 23.2 Å². The van der Waals surface area contributed by atoms with Gasteiger partial charge in [0, 0.05) is 32.3 Å². The van der Waals surface area contributed by atoms with E-state index in [9.17, 15) is 4.79 Å². The molecule has 1 N–H and O–H groups in total. The molecule has 124 valence electrons. The first-order valence-corrected chi connectivity index (χ1v) is 7.32. The standard InChI is InChI=1S/C15H23ClN2O4/c1-20-8-6-18(7-9-21-2)11-15(19)17-13-10-12(16)4-5-14(13)22-3/h4-5,10H,6-9,11H2,1-3H3,(H,17,19). The highest BCUT2D eigenvalue weighted by atomic mass is 35.5. The Kier molecular flexibility index (Phi) is 8.84. The molecular weight excluding hydrogens is 308 g/mol. The van der Waals surface area contributed by atoms with E-state index in [1.807, 2.05) is 4.90 Å². The molecule has 0 bridgehead atoms. The Morgan fingerprint density at radius 1 is 1.18 bits per heavy atom. The van der Waals surface area contributed by atoms with Gasteiger partial charge in [0.25, 0.3) is 0 Å². The lowest BCUT2D eigenvalue weighted by molar-refractivity contribution is -0.117. The van der Waals surface area contributed by atoms with E-state index >= 15 is 0 Å². The van der Waals surface area contributed by atoms with Gasteiger partial charge in [0.1, 0.15) is 5.75 Å². The summed E-state index contributed by atoms with van der Waals surface area (Å²) < 4.78 is 15.3. The van der Waals surface area contributed by atoms with Crippen LogP contribution in [0.5, 0.6) is 5.75 Å². The van der Waals surface area contributed by atoms with E-state index in [4.69, 9.17) is 25.8 Å². The Morgan fingerprint density at radius 2 is 1.82 bits per heavy atom. The lowest BCUT2D eigenvalue weighted by atomic mass is 10.3. The number of ether oxygens (including phenoxy) is 3. The smallest absolute Gasteiger partial charge is 0.238 e. The van der Waals surface area contributed by atoms with Gasteiger partial charge in [0.15, 0.2) is 0 Å². The van der Waals surface area contributed by atoms with E-state index in [0.29, 0.717) is 42.8 Å². The Labute approximate surface area is 136 Å². The second-order valence-corrected chi connectivity index (χ2v) is 5.09. The van der Waals surface area contributed by atoms with E-state index in [1.54, 1.807) is 39.5 Å². The molecule has 0 aliphatic carbocycles. The van der Waals surface area contributed by atoms with Gasteiger partial charge in [-0.1, -0.05) is 11.6 Å². The summed E-state index contributed by atoms with van der Waals surface area (Å²) in [5, 5.41) is 3.35. The van der Waals surface area contributed by atoms with Crippen LogP contribution in [0.2, 0.25) is 5.02 Å². The zero-order chi connectivity index (χ0) is 16.4. The van der Waals surface area contributed by atoms with E-state index in [1.165, 1.54) is 0 Å². The molecule has 0 aromatic heterocycles. The van der Waals surface area contributed by atoms with Gasteiger partial charge in [-0.15, -0.1) is 0 Å². The molecule has 0 heterocycles. The van der Waals surface area contributed by atoms with Crippen molar-refractivity contribution in [3.63, 3.8) is 0 Å². The van der Waals surface area contributed by atoms with Crippen molar-refractivity contribution < 1.29 is 19.0 Å². The summed E-state index contributed by atoms with van der Waals surface area (Å²) in [6, 6.07) is 5.08. The molecule has 0 atom stereocenters. The van der Waals surface area contributed by atoms with Crippen molar-refractivity contribution in [3.8, 4) is 5.75 Å². The summed E-state index contributed by atoms with van der Waals surface area (Å²) in [6.45, 7) is 2.65. The van der Waals surface area contributed by atoms with Crippen molar-refractivity contribution in [1.29, 1.82) is 0 Å². The normalized spacial score (nSPS) is 10.8. The molecule has 1 aromatic carbocycles. The molecule has 0 saturated carbocycles. The number of benzene rings is 1. The second-order valence-electron chi connectivity index (χ2n) is 4.65. The van der Waals surface area contributed by atoms with Crippen LogP contribution in [0.25, 0.3) is 0 Å². The number of halogens is 1. The fraction of sp³-hybridized carbons (Fsp3) is 0.533. The topological polar surface area (TPSA) is 60.0 Å². The van der Waals surface area contributed by atoms with Crippen LogP contribution in [0, 0.1) is 0 Å². The summed E-state index contributed by atoms with van der Waals surface area (Å²) in [6.07, 6.45) is 0. The maximum atomic E-state index is 12.2. The van der Waals surface area contributed by atoms with Crippen molar-refractivity contribution in [2.24, 2.45) is 0 Å². The summed E-state index contributed by atoms with van der Waals surface area (Å²) in [5.74, 6) is 0.422. The number of anilines is 1. The first kappa shape index (κ1) is 18.7. The van der Waals surface area contributed by atoms with Crippen LogP contribution in [-0.4, -0.2) is 65.0 Å². The lowest BCUT2D eigenvalue weighted by Crippen LogP contribution is -2.37. The largest absolute Gasteiger partial charge is 0.495 e. The Bertz CT molecular complexity index is 463. The third kappa shape index (κ3) is 6.62. The highest BCUT2D eigenvalue weighted by Gasteiger charge is 2.13. The van der Waals surface area contributed by atoms with Crippen LogP contribution < -0.4 is 10.1 Å². The van der Waals surface area contributed by atoms with E-state index in [2.05, 4.69) is 5.32 Å². The van der Waals surface area contributed by atoms with Gasteiger partial charge >= 0.3 is 0 Å². The number of carbonyl (C=O) groups excluding carboxylic acids is 1. The molecule has 1 aromatic rings. The van der Waals surface area contributed by atoms with Crippen LogP contribution in [0.3, 0.4) is 0 Å². The van der Waals surface area contributed by atoms with E-state index in [-0.39, 0.29) is 12.5 Å². The number of hydrogen-bond donors (Lipinski definition) is 1. The molecular formula is C15H23ClN2O4. The van der Waals surface area contributed by atoms with Gasteiger partial charge in [0.05, 0.1) is 32.6 Å². The zero-order valence-corrected chi connectivity index (χ0v) is 14.0. The molecule has 0 fully saturated rings. The molecule has 0 radical (unpaired) electrons. The van der Waals surface area contributed by atoms with Crippen LogP contribution in [0.4, 0.5) is 5.69 Å². The predicted molar refractivity (Wildman–Crippen MR) is 86.8 cm³/mol. The quantitative estimate of drug-likeness (QED) is 0.710. The second kappa shape index (κ2) is 10.4. The van der Waals surface area contributed by atoms with E-state index in [0.717, 1.165) is 0 Å². The molecule has 6 nitrogen and oxygen atoms in total. The molecule has 1 rings (SSSR count). The highest BCUT2D eigenvalue weighted by molar-refractivity contribution is 6.31. The number of amides is 1. The third-order valence-electron chi connectivity index (χ3n) is 3.03. The van der Waals surface area contributed by atoms with Crippen molar-refractivity contribution >= 4 is 23.2 Å². The Morgan fingerprint density at radius 3 is 2.36 bits per heavy atom. The first-order chi connectivity index (χ1) is 10.6. The van der Waals surface area contributed by atoms with Crippen LogP contribution >= 0.6 is 11.6 Å². The number of rotatable bonds is 10. The van der Waals surface area contributed by atoms with Gasteiger partial charge in [-0.25, -0.2) is 0 Å². The monoisotopic (exact) mass is 330 g/mol. The summed E-state index contributed by atoms with van der Waals surface area (Å²) in [7, 11) is 4.80. The lowest BCUT2D eigenvalue weighted by Gasteiger charge is -2.21. The molecule has 7 heteroatoms. The van der Waals surface area contributed by atoms with E-state index < -0.39 is 0 Å². The van der Waals surface area contributed by atoms with Gasteiger partial charge < -0.3 is 19.5 Å². The number of nitrogens with zero attached hydrogens (tertiary/aromatic N) is 1. The summed E-state index contributed by atoms with van der Waals surface area (Å²) in [4.78, 5) is 14.2. The molecule has 0 spiro atoms. The van der Waals surface area contributed by atoms with Crippen LogP contribution in [-0.2, 0) is 14.3 Å². The minimum Gasteiger partial charge on any atom is -0.495 e. The molecule has 0 saturated heterocycles. The highest BCUT2D eigenvalue weighted by Crippen LogP contribution is 2.27. The van der Waals surface area contributed by atoms with Gasteiger partial charge in [-0.05, 0) is 18.2 Å². The van der Waals surface area contributed by atoms with Crippen molar-refractivity contribution in [2.45, 2.75) is 0 Å². The SMILES string of the molecule is COCCN(CCOC)CC(=O)Nc1cc(Cl)ccc1OC. The number of methoxy groups -OCH3 is 3. The van der Waals surface area contributed by atoms with Gasteiger partial charge in [-0.2, -0.15) is 0 Å². The summed E-state index contributed by atoms with van der Waals surface area (Å²) in [5.41, 5.74) is 0.554. The predicted octanol–water partition coefficient (Wildman–Crippen LogP) is 1.88. The first-order valence-electron chi connectivity index (χ1n) is 6.94. The number of carbonyl (C=O) groups is 1.